The molecular formula is C36H43F3N6O5. The fourth-order valence-corrected chi connectivity index (χ4v) is 7.24. The van der Waals surface area contributed by atoms with Gasteiger partial charge in [-0.3, -0.25) is 4.79 Å². The van der Waals surface area contributed by atoms with Crippen molar-refractivity contribution in [1.29, 1.82) is 0 Å². The molecule has 0 aliphatic carbocycles. The molecule has 0 spiro atoms. The van der Waals surface area contributed by atoms with Gasteiger partial charge in [-0.05, 0) is 56.9 Å². The van der Waals surface area contributed by atoms with Crippen LogP contribution in [0.5, 0.6) is 0 Å². The predicted molar refractivity (Wildman–Crippen MR) is 182 cm³/mol. The first-order chi connectivity index (χ1) is 23.6. The minimum absolute atomic E-state index is 0.0242. The maximum Gasteiger partial charge on any atom is 0.408 e. The van der Waals surface area contributed by atoms with Crippen molar-refractivity contribution in [2.45, 2.75) is 96.5 Å². The molecule has 2 aromatic heterocycles. The van der Waals surface area contributed by atoms with Gasteiger partial charge in [-0.15, -0.1) is 0 Å². The van der Waals surface area contributed by atoms with Crippen molar-refractivity contribution in [2.75, 3.05) is 13.1 Å². The first-order valence-corrected chi connectivity index (χ1v) is 16.9. The van der Waals surface area contributed by atoms with E-state index in [9.17, 15) is 28.3 Å². The lowest BCUT2D eigenvalue weighted by Gasteiger charge is -2.32. The number of nitrogens with zero attached hydrogens (tertiary/aromatic N) is 4. The molecule has 0 unspecified atom stereocenters. The van der Waals surface area contributed by atoms with Crippen LogP contribution in [-0.4, -0.2) is 96.7 Å². The van der Waals surface area contributed by atoms with Crippen LogP contribution < -0.4 is 5.32 Å². The van der Waals surface area contributed by atoms with Crippen LogP contribution in [0.15, 0.2) is 42.5 Å². The van der Waals surface area contributed by atoms with Gasteiger partial charge in [0.2, 0.25) is 5.91 Å². The van der Waals surface area contributed by atoms with Gasteiger partial charge in [-0.1, -0.05) is 32.0 Å². The number of H-pyrrole nitrogens is 1. The summed E-state index contributed by atoms with van der Waals surface area (Å²) in [4.78, 5) is 49.6. The molecule has 50 heavy (non-hydrogen) atoms. The van der Waals surface area contributed by atoms with E-state index < -0.39 is 60.0 Å². The summed E-state index contributed by atoms with van der Waals surface area (Å²) in [6, 6.07) is 9.37. The van der Waals surface area contributed by atoms with Crippen LogP contribution >= 0.6 is 0 Å². The molecule has 2 aliphatic heterocycles. The van der Waals surface area contributed by atoms with Crippen molar-refractivity contribution >= 4 is 40.0 Å². The summed E-state index contributed by atoms with van der Waals surface area (Å²) in [7, 11) is 0. The molecule has 4 aromatic rings. The smallest absolute Gasteiger partial charge is 0.408 e. The summed E-state index contributed by atoms with van der Waals surface area (Å²) in [5.74, 6) is -0.900. The number of carbonyl (C=O) groups excluding carboxylic acids is 2. The Morgan fingerprint density at radius 2 is 1.72 bits per heavy atom. The number of para-hydroxylation sites is 1. The lowest BCUT2D eigenvalue weighted by Crippen LogP contribution is -2.53. The molecule has 268 valence electrons. The Balaban J connectivity index is 1.40. The van der Waals surface area contributed by atoms with Gasteiger partial charge >= 0.3 is 12.2 Å². The number of benzene rings is 2. The van der Waals surface area contributed by atoms with Crippen LogP contribution in [0.4, 0.5) is 22.8 Å². The summed E-state index contributed by atoms with van der Waals surface area (Å²) < 4.78 is 51.6. The van der Waals surface area contributed by atoms with Gasteiger partial charge in [0, 0.05) is 42.4 Å². The first-order valence-electron chi connectivity index (χ1n) is 16.9. The van der Waals surface area contributed by atoms with Gasteiger partial charge in [-0.2, -0.15) is 0 Å². The number of hydrogen-bond acceptors (Lipinski definition) is 5. The van der Waals surface area contributed by atoms with E-state index in [1.165, 1.54) is 17.0 Å². The van der Waals surface area contributed by atoms with E-state index in [2.05, 4.69) is 10.3 Å². The number of carboxylic acid groups (broad SMARTS) is 1. The number of aromatic amines is 1. The second-order valence-electron chi connectivity index (χ2n) is 14.7. The molecule has 0 bridgehead atoms. The molecule has 6 rings (SSSR count). The Hall–Kier alpha value is -4.75. The number of carbonyl (C=O) groups is 3. The Kier molecular flexibility index (Phi) is 9.49. The second-order valence-corrected chi connectivity index (χ2v) is 14.7. The topological polar surface area (TPSA) is 133 Å². The zero-order valence-electron chi connectivity index (χ0n) is 28.8. The van der Waals surface area contributed by atoms with Crippen molar-refractivity contribution in [2.24, 2.45) is 5.92 Å². The standard InChI is InChI=1S/C36H43F3N6O5/c1-19(2)30(42-34(47)50-36(3,4)5)33(46)43-16-22(39)13-24(43)18-45-29-11-10-20(37)14-28(29)41-32(45)31-26(25-8-6-7-9-27(25)40-31)15-23-12-21(38)17-44(23)35(48)49/h6-11,14,19,21-24,30,40H,12-13,15-18H2,1-5H3,(H,42,47)(H,48,49)/t21-,22-,23-,24-,30-/m0/s1. The number of imidazole rings is 1. The number of alkyl halides is 2. The van der Waals surface area contributed by atoms with Gasteiger partial charge in [0.1, 0.15) is 29.8 Å². The average molecular weight is 697 g/mol. The predicted octanol–water partition coefficient (Wildman–Crippen LogP) is 6.44. The lowest BCUT2D eigenvalue weighted by atomic mass is 10.00. The third-order valence-electron chi connectivity index (χ3n) is 9.44. The maximum absolute atomic E-state index is 15.2. The molecule has 5 atom stereocenters. The molecule has 4 heterocycles. The normalized spacial score (nSPS) is 21.8. The number of hydrogen-bond donors (Lipinski definition) is 3. The summed E-state index contributed by atoms with van der Waals surface area (Å²) in [6.45, 7) is 8.42. The molecular weight excluding hydrogens is 653 g/mol. The number of halogens is 3. The molecule has 3 N–H and O–H groups in total. The molecule has 14 heteroatoms. The number of amides is 3. The molecule has 2 aromatic carbocycles. The largest absolute Gasteiger partial charge is 0.465 e. The van der Waals surface area contributed by atoms with Crippen LogP contribution in [0.2, 0.25) is 0 Å². The van der Waals surface area contributed by atoms with E-state index in [1.807, 2.05) is 28.8 Å². The van der Waals surface area contributed by atoms with Crippen LogP contribution in [0.25, 0.3) is 33.5 Å². The zero-order chi connectivity index (χ0) is 36.1. The highest BCUT2D eigenvalue weighted by Crippen LogP contribution is 2.37. The number of aromatic nitrogens is 3. The fraction of sp³-hybridized carbons (Fsp3) is 0.500. The van der Waals surface area contributed by atoms with E-state index in [1.54, 1.807) is 40.7 Å². The number of nitrogens with one attached hydrogen (secondary N) is 2. The third kappa shape index (κ3) is 7.10. The molecule has 2 saturated heterocycles. The molecule has 0 saturated carbocycles. The van der Waals surface area contributed by atoms with Crippen molar-refractivity contribution in [3.8, 4) is 11.5 Å². The lowest BCUT2D eigenvalue weighted by molar-refractivity contribution is -0.135. The summed E-state index contributed by atoms with van der Waals surface area (Å²) in [6.07, 6.45) is -4.32. The fourth-order valence-electron chi connectivity index (χ4n) is 7.24. The Morgan fingerprint density at radius 1 is 1.04 bits per heavy atom. The molecule has 11 nitrogen and oxygen atoms in total. The number of alkyl carbamates (subject to hydrolysis) is 1. The number of ether oxygens (including phenoxy) is 1. The van der Waals surface area contributed by atoms with Gasteiger partial charge < -0.3 is 34.5 Å². The van der Waals surface area contributed by atoms with E-state index in [0.717, 1.165) is 15.8 Å². The highest BCUT2D eigenvalue weighted by atomic mass is 19.1. The van der Waals surface area contributed by atoms with Gasteiger partial charge in [0.15, 0.2) is 5.82 Å². The van der Waals surface area contributed by atoms with Gasteiger partial charge in [0.05, 0.1) is 35.9 Å². The average Bonchev–Trinajstić information content (AvgIpc) is 3.78. The summed E-state index contributed by atoms with van der Waals surface area (Å²) in [5, 5.41) is 13.3. The Bertz CT molecular complexity index is 1920. The molecule has 2 aliphatic rings. The Labute approximate surface area is 287 Å². The monoisotopic (exact) mass is 696 g/mol. The van der Waals surface area contributed by atoms with Gasteiger partial charge in [-0.25, -0.2) is 27.7 Å². The highest BCUT2D eigenvalue weighted by molar-refractivity contribution is 5.92. The van der Waals surface area contributed by atoms with Crippen LogP contribution in [0, 0.1) is 11.7 Å². The summed E-state index contributed by atoms with van der Waals surface area (Å²) >= 11 is 0. The minimum Gasteiger partial charge on any atom is -0.465 e. The van der Waals surface area contributed by atoms with E-state index in [0.29, 0.717) is 28.1 Å². The summed E-state index contributed by atoms with van der Waals surface area (Å²) in [5.41, 5.74) is 2.09. The van der Waals surface area contributed by atoms with Gasteiger partial charge in [0.25, 0.3) is 0 Å². The number of rotatable bonds is 8. The zero-order valence-corrected chi connectivity index (χ0v) is 28.8. The first kappa shape index (κ1) is 35.1. The molecule has 3 amide bonds. The molecule has 2 fully saturated rings. The van der Waals surface area contributed by atoms with Crippen LogP contribution in [-0.2, 0) is 22.5 Å². The number of fused-ring (bicyclic) bond motifs is 2. The SMILES string of the molecule is CC(C)[C@H](NC(=O)OC(C)(C)C)C(=O)N1C[C@@H](F)C[C@H]1Cn1c(-c2[nH]c3ccccc3c2C[C@@H]2C[C@H](F)CN2C(=O)O)nc2cc(F)ccc21. The van der Waals surface area contributed by atoms with Crippen molar-refractivity contribution < 1.29 is 37.4 Å². The number of likely N-dealkylation sites (tertiary alicyclic amines) is 2. The quantitative estimate of drug-likeness (QED) is 0.194. The molecule has 0 radical (unpaired) electrons. The van der Waals surface area contributed by atoms with E-state index in [4.69, 9.17) is 9.72 Å². The van der Waals surface area contributed by atoms with Crippen molar-refractivity contribution in [3.63, 3.8) is 0 Å². The Morgan fingerprint density at radius 3 is 2.40 bits per heavy atom. The maximum atomic E-state index is 15.2. The minimum atomic E-state index is -1.32. The van der Waals surface area contributed by atoms with E-state index in [-0.39, 0.29) is 44.8 Å². The van der Waals surface area contributed by atoms with Crippen LogP contribution in [0.1, 0.15) is 53.0 Å². The van der Waals surface area contributed by atoms with Crippen molar-refractivity contribution in [3.05, 3.63) is 53.8 Å². The van der Waals surface area contributed by atoms with E-state index >= 15 is 4.39 Å². The second kappa shape index (κ2) is 13.5. The third-order valence-corrected chi connectivity index (χ3v) is 9.44. The van der Waals surface area contributed by atoms with Crippen molar-refractivity contribution in [1.82, 2.24) is 29.7 Å². The van der Waals surface area contributed by atoms with Crippen LogP contribution in [0.3, 0.4) is 0 Å². The highest BCUT2D eigenvalue weighted by Gasteiger charge is 2.41.